The molecule has 0 fully saturated rings. The molecule has 0 amide bonds. The number of nitrogens with two attached hydrogens (primary N) is 1. The van der Waals surface area contributed by atoms with Gasteiger partial charge in [-0.15, -0.1) is 0 Å². The van der Waals surface area contributed by atoms with Crippen LogP contribution in [0, 0.1) is 11.8 Å². The lowest BCUT2D eigenvalue weighted by Crippen LogP contribution is -2.27. The maximum absolute atomic E-state index is 11.6. The van der Waals surface area contributed by atoms with E-state index in [-0.39, 0.29) is 11.9 Å². The first kappa shape index (κ1) is 15.4. The van der Waals surface area contributed by atoms with E-state index < -0.39 is 0 Å². The van der Waals surface area contributed by atoms with Crippen molar-refractivity contribution >= 4 is 5.97 Å². The number of carbonyl (C=O) groups excluding carboxylic acids is 1. The number of hydrogen-bond acceptors (Lipinski definition) is 3. The highest BCUT2D eigenvalue weighted by atomic mass is 16.5. The Bertz CT molecular complexity index is 181. The van der Waals surface area contributed by atoms with Gasteiger partial charge in [-0.05, 0) is 18.8 Å². The van der Waals surface area contributed by atoms with Gasteiger partial charge in [-0.2, -0.15) is 0 Å². The van der Waals surface area contributed by atoms with Crippen molar-refractivity contribution in [2.45, 2.75) is 52.9 Å². The third kappa shape index (κ3) is 7.69. The van der Waals surface area contributed by atoms with Gasteiger partial charge >= 0.3 is 5.97 Å². The van der Waals surface area contributed by atoms with Crippen molar-refractivity contribution in [3.05, 3.63) is 0 Å². The molecular formula is C13H27NO2. The van der Waals surface area contributed by atoms with Crippen molar-refractivity contribution in [1.82, 2.24) is 0 Å². The molecule has 96 valence electrons. The van der Waals surface area contributed by atoms with Gasteiger partial charge in [0.15, 0.2) is 0 Å². The predicted molar refractivity (Wildman–Crippen MR) is 67.1 cm³/mol. The molecule has 1 atom stereocenters. The molecular weight excluding hydrogens is 202 g/mol. The van der Waals surface area contributed by atoms with Crippen LogP contribution in [0.2, 0.25) is 0 Å². The van der Waals surface area contributed by atoms with Gasteiger partial charge in [0.2, 0.25) is 0 Å². The summed E-state index contributed by atoms with van der Waals surface area (Å²) in [6.45, 7) is 7.30. The number of ether oxygens (including phenoxy) is 1. The Labute approximate surface area is 99.7 Å². The van der Waals surface area contributed by atoms with E-state index >= 15 is 0 Å². The molecule has 3 nitrogen and oxygen atoms in total. The maximum Gasteiger partial charge on any atom is 0.310 e. The molecule has 0 saturated heterocycles. The van der Waals surface area contributed by atoms with Crippen LogP contribution in [0.5, 0.6) is 0 Å². The molecule has 0 radical (unpaired) electrons. The Morgan fingerprint density at radius 3 is 2.44 bits per heavy atom. The van der Waals surface area contributed by atoms with E-state index in [2.05, 4.69) is 20.8 Å². The molecule has 16 heavy (non-hydrogen) atoms. The fraction of sp³-hybridized carbons (Fsp3) is 0.923. The smallest absolute Gasteiger partial charge is 0.310 e. The summed E-state index contributed by atoms with van der Waals surface area (Å²) < 4.78 is 5.22. The number of hydrogen-bond donors (Lipinski definition) is 1. The first-order chi connectivity index (χ1) is 7.61. The highest BCUT2D eigenvalue weighted by Gasteiger charge is 2.19. The minimum Gasteiger partial charge on any atom is -0.465 e. The fourth-order valence-corrected chi connectivity index (χ4v) is 1.68. The number of carbonyl (C=O) groups is 1. The summed E-state index contributed by atoms with van der Waals surface area (Å²) in [6, 6.07) is 0. The van der Waals surface area contributed by atoms with E-state index in [9.17, 15) is 4.79 Å². The van der Waals surface area contributed by atoms with Crippen LogP contribution in [-0.4, -0.2) is 19.1 Å². The van der Waals surface area contributed by atoms with Crippen molar-refractivity contribution in [3.8, 4) is 0 Å². The molecule has 0 aliphatic rings. The molecule has 3 heteroatoms. The first-order valence-corrected chi connectivity index (χ1v) is 6.48. The molecule has 0 heterocycles. The summed E-state index contributed by atoms with van der Waals surface area (Å²) in [5.74, 6) is 0.250. The molecule has 0 rings (SSSR count). The number of esters is 1. The van der Waals surface area contributed by atoms with E-state index in [1.807, 2.05) is 0 Å². The maximum atomic E-state index is 11.6. The normalized spacial score (nSPS) is 12.8. The van der Waals surface area contributed by atoms with Gasteiger partial charge in [-0.1, -0.05) is 40.0 Å². The lowest BCUT2D eigenvalue weighted by atomic mass is 9.97. The monoisotopic (exact) mass is 229 g/mol. The topological polar surface area (TPSA) is 52.3 Å². The molecule has 0 spiro atoms. The second kappa shape index (κ2) is 9.64. The van der Waals surface area contributed by atoms with Crippen LogP contribution >= 0.6 is 0 Å². The van der Waals surface area contributed by atoms with Gasteiger partial charge in [-0.3, -0.25) is 4.79 Å². The number of rotatable bonds is 9. The molecule has 0 aromatic heterocycles. The van der Waals surface area contributed by atoms with Gasteiger partial charge in [0.25, 0.3) is 0 Å². The van der Waals surface area contributed by atoms with Crippen LogP contribution in [0.25, 0.3) is 0 Å². The second-order valence-electron chi connectivity index (χ2n) is 4.79. The predicted octanol–water partition coefficient (Wildman–Crippen LogP) is 2.73. The van der Waals surface area contributed by atoms with Crippen molar-refractivity contribution in [1.29, 1.82) is 0 Å². The fourth-order valence-electron chi connectivity index (χ4n) is 1.68. The lowest BCUT2D eigenvalue weighted by molar-refractivity contribution is -0.148. The summed E-state index contributed by atoms with van der Waals surface area (Å²) in [5, 5.41) is 0. The summed E-state index contributed by atoms with van der Waals surface area (Å²) in [6.07, 6.45) is 5.35. The third-order valence-electron chi connectivity index (χ3n) is 2.62. The van der Waals surface area contributed by atoms with E-state index in [0.29, 0.717) is 19.1 Å². The number of unbranched alkanes of at least 4 members (excludes halogenated alkanes) is 3. The van der Waals surface area contributed by atoms with Crippen molar-refractivity contribution in [2.75, 3.05) is 13.2 Å². The molecule has 0 aliphatic heterocycles. The Hall–Kier alpha value is -0.570. The SMILES string of the molecule is CCCCCCOC(=O)C(CN)CC(C)C. The zero-order valence-electron chi connectivity index (χ0n) is 11.0. The molecule has 0 aromatic carbocycles. The quantitative estimate of drug-likeness (QED) is 0.488. The summed E-state index contributed by atoms with van der Waals surface area (Å²) in [7, 11) is 0. The summed E-state index contributed by atoms with van der Waals surface area (Å²) in [4.78, 5) is 11.6. The van der Waals surface area contributed by atoms with Crippen LogP contribution in [0.15, 0.2) is 0 Å². The molecule has 2 N–H and O–H groups in total. The zero-order valence-corrected chi connectivity index (χ0v) is 11.0. The Morgan fingerprint density at radius 2 is 1.94 bits per heavy atom. The van der Waals surface area contributed by atoms with Crippen LogP contribution < -0.4 is 5.73 Å². The molecule has 0 aromatic rings. The second-order valence-corrected chi connectivity index (χ2v) is 4.79. The van der Waals surface area contributed by atoms with Crippen molar-refractivity contribution < 1.29 is 9.53 Å². The van der Waals surface area contributed by atoms with E-state index in [1.54, 1.807) is 0 Å². The minimum atomic E-state index is -0.119. The lowest BCUT2D eigenvalue weighted by Gasteiger charge is -2.15. The van der Waals surface area contributed by atoms with Crippen LogP contribution in [-0.2, 0) is 9.53 Å². The van der Waals surface area contributed by atoms with E-state index in [4.69, 9.17) is 10.5 Å². The van der Waals surface area contributed by atoms with Gasteiger partial charge in [-0.25, -0.2) is 0 Å². The zero-order chi connectivity index (χ0) is 12.4. The van der Waals surface area contributed by atoms with Crippen molar-refractivity contribution in [2.24, 2.45) is 17.6 Å². The van der Waals surface area contributed by atoms with Gasteiger partial charge in [0.05, 0.1) is 12.5 Å². The largest absolute Gasteiger partial charge is 0.465 e. The van der Waals surface area contributed by atoms with Crippen LogP contribution in [0.4, 0.5) is 0 Å². The van der Waals surface area contributed by atoms with Crippen LogP contribution in [0.3, 0.4) is 0 Å². The van der Waals surface area contributed by atoms with Gasteiger partial charge in [0.1, 0.15) is 0 Å². The molecule has 0 saturated carbocycles. The third-order valence-corrected chi connectivity index (χ3v) is 2.62. The average molecular weight is 229 g/mol. The summed E-state index contributed by atoms with van der Waals surface area (Å²) >= 11 is 0. The molecule has 0 aliphatic carbocycles. The van der Waals surface area contributed by atoms with Crippen LogP contribution in [0.1, 0.15) is 52.9 Å². The van der Waals surface area contributed by atoms with Crippen molar-refractivity contribution in [3.63, 3.8) is 0 Å². The average Bonchev–Trinajstić information content (AvgIpc) is 2.25. The van der Waals surface area contributed by atoms with E-state index in [0.717, 1.165) is 19.3 Å². The van der Waals surface area contributed by atoms with E-state index in [1.165, 1.54) is 12.8 Å². The Balaban J connectivity index is 3.67. The highest BCUT2D eigenvalue weighted by molar-refractivity contribution is 5.72. The van der Waals surface area contributed by atoms with Gasteiger partial charge in [0, 0.05) is 6.54 Å². The summed E-state index contributed by atoms with van der Waals surface area (Å²) in [5.41, 5.74) is 5.57. The Kier molecular flexibility index (Phi) is 9.30. The highest BCUT2D eigenvalue weighted by Crippen LogP contribution is 2.12. The standard InChI is InChI=1S/C13H27NO2/c1-4-5-6-7-8-16-13(15)12(10-14)9-11(2)3/h11-12H,4-10,14H2,1-3H3. The first-order valence-electron chi connectivity index (χ1n) is 6.48. The molecule has 1 unspecified atom stereocenters. The molecule has 0 bridgehead atoms. The Morgan fingerprint density at radius 1 is 1.25 bits per heavy atom. The van der Waals surface area contributed by atoms with Gasteiger partial charge < -0.3 is 10.5 Å². The minimum absolute atomic E-state index is 0.118.